The van der Waals surface area contributed by atoms with Crippen molar-refractivity contribution in [3.05, 3.63) is 53.6 Å². The molecule has 20 heavy (non-hydrogen) atoms. The average Bonchev–Trinajstić information content (AvgIpc) is 3.18. The predicted octanol–water partition coefficient (Wildman–Crippen LogP) is 2.54. The summed E-state index contributed by atoms with van der Waals surface area (Å²) < 4.78 is 13.7. The first-order valence-electron chi connectivity index (χ1n) is 6.63. The fraction of sp³-hybridized carbons (Fsp3) is 0.267. The molecule has 3 rings (SSSR count). The molecule has 1 aliphatic carbocycles. The zero-order valence-corrected chi connectivity index (χ0v) is 11.0. The molecule has 1 heterocycles. The summed E-state index contributed by atoms with van der Waals surface area (Å²) in [6, 6.07) is 8.36. The molecule has 4 nitrogen and oxygen atoms in total. The molecule has 1 saturated carbocycles. The van der Waals surface area contributed by atoms with E-state index in [9.17, 15) is 9.18 Å². The van der Waals surface area contributed by atoms with Gasteiger partial charge in [-0.25, -0.2) is 4.39 Å². The molecule has 0 saturated heterocycles. The van der Waals surface area contributed by atoms with Crippen molar-refractivity contribution in [2.45, 2.75) is 25.4 Å². The monoisotopic (exact) mass is 273 g/mol. The SMILES string of the molecule is Nc1c[nH]c(C(=O)N(Cc2ccccc2F)C2CC2)c1. The third-order valence-corrected chi connectivity index (χ3v) is 3.48. The Morgan fingerprint density at radius 1 is 1.40 bits per heavy atom. The number of anilines is 1. The molecule has 1 aromatic heterocycles. The summed E-state index contributed by atoms with van der Waals surface area (Å²) in [5, 5.41) is 0. The maximum atomic E-state index is 13.7. The summed E-state index contributed by atoms with van der Waals surface area (Å²) >= 11 is 0. The number of carbonyl (C=O) groups excluding carboxylic acids is 1. The van der Waals surface area contributed by atoms with E-state index in [0.717, 1.165) is 12.8 Å². The molecule has 0 aliphatic heterocycles. The minimum absolute atomic E-state index is 0.132. The van der Waals surface area contributed by atoms with Gasteiger partial charge in [0.2, 0.25) is 0 Å². The molecule has 0 spiro atoms. The van der Waals surface area contributed by atoms with E-state index in [-0.39, 0.29) is 24.3 Å². The second kappa shape index (κ2) is 5.00. The Hall–Kier alpha value is -2.30. The zero-order valence-electron chi connectivity index (χ0n) is 11.0. The van der Waals surface area contributed by atoms with Crippen molar-refractivity contribution in [1.29, 1.82) is 0 Å². The topological polar surface area (TPSA) is 62.1 Å². The van der Waals surface area contributed by atoms with E-state index in [2.05, 4.69) is 4.98 Å². The van der Waals surface area contributed by atoms with Gasteiger partial charge in [0.1, 0.15) is 11.5 Å². The molecule has 1 aliphatic rings. The van der Waals surface area contributed by atoms with Gasteiger partial charge in [0, 0.05) is 30.0 Å². The highest BCUT2D eigenvalue weighted by Gasteiger charge is 2.33. The maximum absolute atomic E-state index is 13.7. The number of rotatable bonds is 4. The molecule has 1 aromatic carbocycles. The van der Waals surface area contributed by atoms with E-state index < -0.39 is 0 Å². The number of hydrogen-bond acceptors (Lipinski definition) is 2. The highest BCUT2D eigenvalue weighted by Crippen LogP contribution is 2.30. The smallest absolute Gasteiger partial charge is 0.270 e. The van der Waals surface area contributed by atoms with Gasteiger partial charge in [0.15, 0.2) is 0 Å². The quantitative estimate of drug-likeness (QED) is 0.899. The normalized spacial score (nSPS) is 14.2. The Kier molecular flexibility index (Phi) is 3.18. The van der Waals surface area contributed by atoms with E-state index in [1.165, 1.54) is 6.07 Å². The van der Waals surface area contributed by atoms with Gasteiger partial charge in [0.25, 0.3) is 5.91 Å². The van der Waals surface area contributed by atoms with Crippen LogP contribution in [0.15, 0.2) is 36.5 Å². The third-order valence-electron chi connectivity index (χ3n) is 3.48. The largest absolute Gasteiger partial charge is 0.397 e. The van der Waals surface area contributed by atoms with Crippen LogP contribution in [0.25, 0.3) is 0 Å². The Bertz CT molecular complexity index is 634. The number of carbonyl (C=O) groups is 1. The van der Waals surface area contributed by atoms with Gasteiger partial charge in [-0.3, -0.25) is 4.79 Å². The number of nitrogens with zero attached hydrogens (tertiary/aromatic N) is 1. The van der Waals surface area contributed by atoms with Crippen molar-refractivity contribution in [2.75, 3.05) is 5.73 Å². The minimum Gasteiger partial charge on any atom is -0.397 e. The minimum atomic E-state index is -0.281. The van der Waals surface area contributed by atoms with Gasteiger partial charge in [-0.2, -0.15) is 0 Å². The highest BCUT2D eigenvalue weighted by atomic mass is 19.1. The molecule has 0 atom stereocenters. The number of aromatic nitrogens is 1. The zero-order chi connectivity index (χ0) is 14.1. The Balaban J connectivity index is 1.83. The predicted molar refractivity (Wildman–Crippen MR) is 74.5 cm³/mol. The fourth-order valence-corrected chi connectivity index (χ4v) is 2.25. The number of benzene rings is 1. The van der Waals surface area contributed by atoms with Crippen LogP contribution >= 0.6 is 0 Å². The molecule has 1 fully saturated rings. The summed E-state index contributed by atoms with van der Waals surface area (Å²) in [6.45, 7) is 0.287. The highest BCUT2D eigenvalue weighted by molar-refractivity contribution is 5.93. The van der Waals surface area contributed by atoms with Gasteiger partial charge < -0.3 is 15.6 Å². The Morgan fingerprint density at radius 3 is 2.75 bits per heavy atom. The van der Waals surface area contributed by atoms with Gasteiger partial charge in [-0.15, -0.1) is 0 Å². The third kappa shape index (κ3) is 2.52. The van der Waals surface area contributed by atoms with Crippen molar-refractivity contribution < 1.29 is 9.18 Å². The van der Waals surface area contributed by atoms with Crippen molar-refractivity contribution in [2.24, 2.45) is 0 Å². The summed E-state index contributed by atoms with van der Waals surface area (Å²) in [5.74, 6) is -0.413. The first-order chi connectivity index (χ1) is 9.65. The van der Waals surface area contributed by atoms with E-state index in [0.29, 0.717) is 16.9 Å². The van der Waals surface area contributed by atoms with E-state index in [4.69, 9.17) is 5.73 Å². The van der Waals surface area contributed by atoms with Crippen molar-refractivity contribution in [3.63, 3.8) is 0 Å². The van der Waals surface area contributed by atoms with Gasteiger partial charge in [-0.05, 0) is 25.0 Å². The molecule has 0 radical (unpaired) electrons. The van der Waals surface area contributed by atoms with Crippen LogP contribution in [0.5, 0.6) is 0 Å². The number of aromatic amines is 1. The molecular formula is C15H16FN3O. The van der Waals surface area contributed by atoms with E-state index >= 15 is 0 Å². The lowest BCUT2D eigenvalue weighted by atomic mass is 10.2. The van der Waals surface area contributed by atoms with Gasteiger partial charge in [-0.1, -0.05) is 18.2 Å². The fourth-order valence-electron chi connectivity index (χ4n) is 2.25. The number of nitrogens with two attached hydrogens (primary N) is 1. The number of hydrogen-bond donors (Lipinski definition) is 2. The summed E-state index contributed by atoms with van der Waals surface area (Å²) in [7, 11) is 0. The number of nitrogen functional groups attached to an aromatic ring is 1. The molecule has 2 aromatic rings. The molecule has 0 bridgehead atoms. The number of H-pyrrole nitrogens is 1. The molecule has 104 valence electrons. The molecule has 1 amide bonds. The van der Waals surface area contributed by atoms with Crippen molar-refractivity contribution >= 4 is 11.6 Å². The Morgan fingerprint density at radius 2 is 2.15 bits per heavy atom. The van der Waals surface area contributed by atoms with Gasteiger partial charge in [0.05, 0.1) is 0 Å². The van der Waals surface area contributed by atoms with Gasteiger partial charge >= 0.3 is 0 Å². The van der Waals surface area contributed by atoms with E-state index in [1.54, 1.807) is 35.4 Å². The van der Waals surface area contributed by atoms with Crippen LogP contribution < -0.4 is 5.73 Å². The lowest BCUT2D eigenvalue weighted by Gasteiger charge is -2.22. The lowest BCUT2D eigenvalue weighted by molar-refractivity contribution is 0.0723. The van der Waals surface area contributed by atoms with Crippen LogP contribution in [0.1, 0.15) is 28.9 Å². The van der Waals surface area contributed by atoms with Crippen molar-refractivity contribution in [1.82, 2.24) is 9.88 Å². The maximum Gasteiger partial charge on any atom is 0.270 e. The number of halogens is 1. The summed E-state index contributed by atoms with van der Waals surface area (Å²) in [6.07, 6.45) is 3.52. The van der Waals surface area contributed by atoms with Crippen LogP contribution in [0, 0.1) is 5.82 Å². The number of amides is 1. The number of nitrogens with one attached hydrogen (secondary N) is 1. The second-order valence-corrected chi connectivity index (χ2v) is 5.10. The first kappa shape index (κ1) is 12.7. The van der Waals surface area contributed by atoms with Crippen LogP contribution in [-0.2, 0) is 6.54 Å². The summed E-state index contributed by atoms with van der Waals surface area (Å²) in [5.41, 5.74) is 7.13. The molecule has 3 N–H and O–H groups in total. The molecular weight excluding hydrogens is 257 g/mol. The molecule has 0 unspecified atom stereocenters. The Labute approximate surface area is 116 Å². The van der Waals surface area contributed by atoms with Crippen molar-refractivity contribution in [3.8, 4) is 0 Å². The lowest BCUT2D eigenvalue weighted by Crippen LogP contribution is -2.33. The second-order valence-electron chi connectivity index (χ2n) is 5.10. The van der Waals surface area contributed by atoms with Crippen LogP contribution in [0.4, 0.5) is 10.1 Å². The standard InChI is InChI=1S/C15H16FN3O/c16-13-4-2-1-3-10(13)9-19(12-5-6-12)15(20)14-7-11(17)8-18-14/h1-4,7-8,12,18H,5-6,9,17H2. The van der Waals surface area contributed by atoms with E-state index in [1.807, 2.05) is 0 Å². The first-order valence-corrected chi connectivity index (χ1v) is 6.63. The summed E-state index contributed by atoms with van der Waals surface area (Å²) in [4.78, 5) is 17.0. The molecule has 5 heteroatoms. The van der Waals surface area contributed by atoms with Crippen LogP contribution in [-0.4, -0.2) is 21.8 Å². The van der Waals surface area contributed by atoms with Crippen LogP contribution in [0.3, 0.4) is 0 Å². The average molecular weight is 273 g/mol. The van der Waals surface area contributed by atoms with Crippen LogP contribution in [0.2, 0.25) is 0 Å².